The predicted octanol–water partition coefficient (Wildman–Crippen LogP) is 4.15. The third kappa shape index (κ3) is 4.34. The number of fused-ring (bicyclic) bond motifs is 1. The molecule has 3 heteroatoms. The third-order valence-electron chi connectivity index (χ3n) is 3.83. The second kappa shape index (κ2) is 8.05. The minimum absolute atomic E-state index is 0.265. The standard InChI is InChI=1S/C17H26N2O/c1-2-3-4-5-6-7-10-15(20)13-19-14-18-16-11-8-9-12-17(16)19/h8-9,11-12,14-15,20H,2-7,10,13H2,1H3. The van der Waals surface area contributed by atoms with Crippen LogP contribution in [0, 0.1) is 0 Å². The zero-order valence-electron chi connectivity index (χ0n) is 12.5. The van der Waals surface area contributed by atoms with Crippen molar-refractivity contribution in [3.05, 3.63) is 30.6 Å². The topological polar surface area (TPSA) is 38.0 Å². The molecule has 0 saturated carbocycles. The van der Waals surface area contributed by atoms with Crippen molar-refractivity contribution in [2.45, 2.75) is 64.5 Å². The van der Waals surface area contributed by atoms with Crippen LogP contribution in [0.4, 0.5) is 0 Å². The fraction of sp³-hybridized carbons (Fsp3) is 0.588. The molecule has 0 radical (unpaired) electrons. The highest BCUT2D eigenvalue weighted by Crippen LogP contribution is 2.14. The highest BCUT2D eigenvalue weighted by atomic mass is 16.3. The maximum Gasteiger partial charge on any atom is 0.0959 e. The van der Waals surface area contributed by atoms with Crippen molar-refractivity contribution in [3.8, 4) is 0 Å². The van der Waals surface area contributed by atoms with Crippen LogP contribution in [0.5, 0.6) is 0 Å². The van der Waals surface area contributed by atoms with Crippen LogP contribution in [0.3, 0.4) is 0 Å². The normalized spacial score (nSPS) is 12.9. The maximum atomic E-state index is 10.1. The van der Waals surface area contributed by atoms with Gasteiger partial charge in [-0.05, 0) is 18.6 Å². The summed E-state index contributed by atoms with van der Waals surface area (Å²) in [5.41, 5.74) is 2.11. The molecule has 0 saturated heterocycles. The van der Waals surface area contributed by atoms with Gasteiger partial charge in [0.2, 0.25) is 0 Å². The molecule has 3 nitrogen and oxygen atoms in total. The van der Waals surface area contributed by atoms with Gasteiger partial charge in [-0.3, -0.25) is 0 Å². The smallest absolute Gasteiger partial charge is 0.0959 e. The van der Waals surface area contributed by atoms with Crippen molar-refractivity contribution in [1.29, 1.82) is 0 Å². The summed E-state index contributed by atoms with van der Waals surface area (Å²) in [7, 11) is 0. The van der Waals surface area contributed by atoms with E-state index in [4.69, 9.17) is 0 Å². The second-order valence-corrected chi connectivity index (χ2v) is 5.60. The minimum atomic E-state index is -0.265. The zero-order chi connectivity index (χ0) is 14.2. The van der Waals surface area contributed by atoms with Gasteiger partial charge in [-0.2, -0.15) is 0 Å². The molecule has 0 spiro atoms. The fourth-order valence-corrected chi connectivity index (χ4v) is 2.63. The van der Waals surface area contributed by atoms with E-state index < -0.39 is 0 Å². The summed E-state index contributed by atoms with van der Waals surface area (Å²) in [5, 5.41) is 10.1. The Morgan fingerprint density at radius 1 is 1.10 bits per heavy atom. The highest BCUT2D eigenvalue weighted by Gasteiger charge is 2.08. The van der Waals surface area contributed by atoms with Crippen LogP contribution in [0.15, 0.2) is 30.6 Å². The molecule has 0 amide bonds. The van der Waals surface area contributed by atoms with E-state index in [0.29, 0.717) is 6.54 Å². The Balaban J connectivity index is 1.73. The lowest BCUT2D eigenvalue weighted by molar-refractivity contribution is 0.142. The van der Waals surface area contributed by atoms with Crippen LogP contribution in [0.25, 0.3) is 11.0 Å². The number of hydrogen-bond donors (Lipinski definition) is 1. The SMILES string of the molecule is CCCCCCCCC(O)Cn1cnc2ccccc21. The molecule has 1 aromatic carbocycles. The summed E-state index contributed by atoms with van der Waals surface area (Å²) in [6, 6.07) is 8.07. The molecule has 0 aliphatic carbocycles. The molecular formula is C17H26N2O. The number of hydrogen-bond acceptors (Lipinski definition) is 2. The molecular weight excluding hydrogens is 248 g/mol. The molecule has 0 aliphatic rings. The number of nitrogens with zero attached hydrogens (tertiary/aromatic N) is 2. The lowest BCUT2D eigenvalue weighted by atomic mass is 10.1. The quantitative estimate of drug-likeness (QED) is 0.698. The van der Waals surface area contributed by atoms with Crippen LogP contribution in [0.2, 0.25) is 0 Å². The fourth-order valence-electron chi connectivity index (χ4n) is 2.63. The molecule has 2 aromatic rings. The van der Waals surface area contributed by atoms with Crippen molar-refractivity contribution in [3.63, 3.8) is 0 Å². The van der Waals surface area contributed by atoms with Crippen LogP contribution in [0.1, 0.15) is 51.9 Å². The average Bonchev–Trinajstić information content (AvgIpc) is 2.86. The Kier molecular flexibility index (Phi) is 6.06. The number of imidazole rings is 1. The van der Waals surface area contributed by atoms with Crippen molar-refractivity contribution >= 4 is 11.0 Å². The van der Waals surface area contributed by atoms with Crippen LogP contribution >= 0.6 is 0 Å². The first-order valence-corrected chi connectivity index (χ1v) is 7.89. The van der Waals surface area contributed by atoms with Crippen LogP contribution in [-0.2, 0) is 6.54 Å². The molecule has 1 unspecified atom stereocenters. The van der Waals surface area contributed by atoms with Gasteiger partial charge >= 0.3 is 0 Å². The zero-order valence-corrected chi connectivity index (χ0v) is 12.5. The average molecular weight is 274 g/mol. The predicted molar refractivity (Wildman–Crippen MR) is 83.7 cm³/mol. The van der Waals surface area contributed by atoms with E-state index in [0.717, 1.165) is 23.9 Å². The molecule has 0 fully saturated rings. The van der Waals surface area contributed by atoms with E-state index in [1.54, 1.807) is 0 Å². The summed E-state index contributed by atoms with van der Waals surface area (Å²) in [4.78, 5) is 4.35. The first-order chi connectivity index (χ1) is 9.81. The molecule has 2 rings (SSSR count). The second-order valence-electron chi connectivity index (χ2n) is 5.60. The van der Waals surface area contributed by atoms with Crippen LogP contribution in [-0.4, -0.2) is 20.8 Å². The van der Waals surface area contributed by atoms with Gasteiger partial charge in [-0.25, -0.2) is 4.98 Å². The molecule has 1 heterocycles. The Morgan fingerprint density at radius 3 is 2.70 bits per heavy atom. The Bertz CT molecular complexity index is 506. The number of aliphatic hydroxyl groups is 1. The third-order valence-corrected chi connectivity index (χ3v) is 3.83. The summed E-state index contributed by atoms with van der Waals surface area (Å²) in [5.74, 6) is 0. The number of aliphatic hydroxyl groups excluding tert-OH is 1. The van der Waals surface area contributed by atoms with Crippen LogP contribution < -0.4 is 0 Å². The Morgan fingerprint density at radius 2 is 1.85 bits per heavy atom. The lowest BCUT2D eigenvalue weighted by Gasteiger charge is -2.12. The number of benzene rings is 1. The summed E-state index contributed by atoms with van der Waals surface area (Å²) >= 11 is 0. The van der Waals surface area contributed by atoms with Gasteiger partial charge in [-0.15, -0.1) is 0 Å². The Labute approximate surface area is 121 Å². The van der Waals surface area contributed by atoms with Crippen molar-refractivity contribution in [2.24, 2.45) is 0 Å². The van der Waals surface area contributed by atoms with Gasteiger partial charge in [0.15, 0.2) is 0 Å². The molecule has 20 heavy (non-hydrogen) atoms. The summed E-state index contributed by atoms with van der Waals surface area (Å²) < 4.78 is 2.05. The minimum Gasteiger partial charge on any atom is -0.391 e. The van der Waals surface area contributed by atoms with Crippen molar-refractivity contribution in [2.75, 3.05) is 0 Å². The lowest BCUT2D eigenvalue weighted by Crippen LogP contribution is -2.15. The number of para-hydroxylation sites is 2. The van der Waals surface area contributed by atoms with Gasteiger partial charge in [0, 0.05) is 0 Å². The van der Waals surface area contributed by atoms with E-state index in [-0.39, 0.29) is 6.10 Å². The molecule has 0 bridgehead atoms. The maximum absolute atomic E-state index is 10.1. The van der Waals surface area contributed by atoms with Gasteiger partial charge < -0.3 is 9.67 Å². The largest absolute Gasteiger partial charge is 0.391 e. The van der Waals surface area contributed by atoms with Crippen molar-refractivity contribution < 1.29 is 5.11 Å². The number of aromatic nitrogens is 2. The summed E-state index contributed by atoms with van der Waals surface area (Å²) in [6.07, 6.45) is 10.1. The number of unbranched alkanes of at least 4 members (excludes halogenated alkanes) is 5. The molecule has 1 atom stereocenters. The summed E-state index contributed by atoms with van der Waals surface area (Å²) in [6.45, 7) is 2.88. The molecule has 1 aromatic heterocycles. The number of rotatable bonds is 9. The van der Waals surface area contributed by atoms with E-state index in [9.17, 15) is 5.11 Å². The monoisotopic (exact) mass is 274 g/mol. The first-order valence-electron chi connectivity index (χ1n) is 7.89. The van der Waals surface area contributed by atoms with E-state index >= 15 is 0 Å². The van der Waals surface area contributed by atoms with Gasteiger partial charge in [-0.1, -0.05) is 57.6 Å². The van der Waals surface area contributed by atoms with E-state index in [2.05, 4.69) is 22.5 Å². The van der Waals surface area contributed by atoms with E-state index in [1.807, 2.05) is 24.5 Å². The molecule has 1 N–H and O–H groups in total. The van der Waals surface area contributed by atoms with Crippen molar-refractivity contribution in [1.82, 2.24) is 9.55 Å². The first kappa shape index (κ1) is 15.0. The highest BCUT2D eigenvalue weighted by molar-refractivity contribution is 5.74. The molecule has 110 valence electrons. The van der Waals surface area contributed by atoms with Gasteiger partial charge in [0.05, 0.1) is 30.0 Å². The van der Waals surface area contributed by atoms with E-state index in [1.165, 1.54) is 32.1 Å². The van der Waals surface area contributed by atoms with Gasteiger partial charge in [0.25, 0.3) is 0 Å². The molecule has 0 aliphatic heterocycles. The van der Waals surface area contributed by atoms with Gasteiger partial charge in [0.1, 0.15) is 0 Å². The Hall–Kier alpha value is -1.35.